The molecule has 0 saturated heterocycles. The number of hydrogen-bond acceptors (Lipinski definition) is 6. The maximum absolute atomic E-state index is 13.2. The van der Waals surface area contributed by atoms with Crippen molar-refractivity contribution in [3.8, 4) is 0 Å². The van der Waals surface area contributed by atoms with E-state index in [-0.39, 0.29) is 12.9 Å². The molecule has 0 unspecified atom stereocenters. The van der Waals surface area contributed by atoms with E-state index in [2.05, 4.69) is 26.2 Å². The molecule has 2 rings (SSSR count). The van der Waals surface area contributed by atoms with Crippen molar-refractivity contribution < 1.29 is 28.5 Å². The van der Waals surface area contributed by atoms with E-state index >= 15 is 0 Å². The van der Waals surface area contributed by atoms with E-state index in [1.807, 2.05) is 43.3 Å². The second-order valence-corrected chi connectivity index (χ2v) is 15.4. The van der Waals surface area contributed by atoms with Crippen molar-refractivity contribution in [2.45, 2.75) is 64.3 Å². The zero-order valence-electron chi connectivity index (χ0n) is 21.5. The number of esters is 2. The van der Waals surface area contributed by atoms with Gasteiger partial charge in [0.25, 0.3) is 0 Å². The highest BCUT2D eigenvalue weighted by Crippen LogP contribution is 2.30. The van der Waals surface area contributed by atoms with Crippen LogP contribution in [-0.2, 0) is 28.5 Å². The topological polar surface area (TPSA) is 71.1 Å². The maximum atomic E-state index is 13.2. The fraction of sp³-hybridized carbons (Fsp3) is 0.429. The van der Waals surface area contributed by atoms with E-state index in [0.29, 0.717) is 18.6 Å². The highest BCUT2D eigenvalue weighted by atomic mass is 28.3. The minimum absolute atomic E-state index is 0.184. The Labute approximate surface area is 210 Å². The fourth-order valence-corrected chi connectivity index (χ4v) is 4.01. The number of hydrogen-bond donors (Lipinski definition) is 0. The van der Waals surface area contributed by atoms with Crippen LogP contribution in [0.15, 0.2) is 72.8 Å². The van der Waals surface area contributed by atoms with Gasteiger partial charge >= 0.3 is 11.9 Å². The van der Waals surface area contributed by atoms with Crippen LogP contribution in [0.2, 0.25) is 25.7 Å². The molecule has 0 radical (unpaired) electrons. The Balaban J connectivity index is 2.06. The summed E-state index contributed by atoms with van der Waals surface area (Å²) < 4.78 is 22.7. The van der Waals surface area contributed by atoms with Gasteiger partial charge in [-0.1, -0.05) is 86.9 Å². The van der Waals surface area contributed by atoms with E-state index in [1.165, 1.54) is 6.92 Å². The molecule has 35 heavy (non-hydrogen) atoms. The first-order valence-electron chi connectivity index (χ1n) is 11.9. The van der Waals surface area contributed by atoms with Crippen molar-refractivity contribution in [1.29, 1.82) is 0 Å². The molecule has 6 nitrogen and oxygen atoms in total. The molecule has 0 aliphatic carbocycles. The maximum Gasteiger partial charge on any atom is 0.352 e. The lowest BCUT2D eigenvalue weighted by molar-refractivity contribution is -0.171. The molecule has 0 saturated carbocycles. The van der Waals surface area contributed by atoms with Gasteiger partial charge < -0.3 is 18.9 Å². The van der Waals surface area contributed by atoms with Crippen LogP contribution in [-0.4, -0.2) is 39.5 Å². The standard InChI is InChI=1S/C28H38O6Si/c1-21(22(2)32-20-31-17-18-35(4,5)6)19-26(24-13-9-7-10-14-24)34-28(30)27(33-23(3)29)25-15-11-8-12-16-25/h7-16,22,26-27H,1,17-20H2,2-6H3/t22-,26+,27-/m1/s1. The number of ether oxygens (including phenoxy) is 4. The predicted octanol–water partition coefficient (Wildman–Crippen LogP) is 6.24. The molecule has 3 atom stereocenters. The second-order valence-electron chi connectivity index (χ2n) is 9.74. The number of carbonyl (C=O) groups excluding carboxylic acids is 2. The van der Waals surface area contributed by atoms with Crippen molar-refractivity contribution in [1.82, 2.24) is 0 Å². The summed E-state index contributed by atoms with van der Waals surface area (Å²) in [6.07, 6.45) is -1.70. The van der Waals surface area contributed by atoms with E-state index in [9.17, 15) is 9.59 Å². The van der Waals surface area contributed by atoms with Crippen LogP contribution in [0.1, 0.15) is 43.6 Å². The zero-order chi connectivity index (χ0) is 25.8. The van der Waals surface area contributed by atoms with Crippen molar-refractivity contribution in [3.05, 3.63) is 83.9 Å². The molecule has 2 aromatic carbocycles. The minimum atomic E-state index is -1.15. The van der Waals surface area contributed by atoms with E-state index in [1.54, 1.807) is 24.3 Å². The summed E-state index contributed by atoms with van der Waals surface area (Å²) in [6.45, 7) is 15.1. The monoisotopic (exact) mass is 498 g/mol. The lowest BCUT2D eigenvalue weighted by atomic mass is 9.99. The predicted molar refractivity (Wildman–Crippen MR) is 139 cm³/mol. The van der Waals surface area contributed by atoms with Crippen LogP contribution in [0, 0.1) is 0 Å². The molecule has 7 heteroatoms. The average molecular weight is 499 g/mol. The number of benzene rings is 2. The van der Waals surface area contributed by atoms with E-state index < -0.39 is 32.2 Å². The molecule has 190 valence electrons. The molecule has 0 heterocycles. The first-order chi connectivity index (χ1) is 16.6. The minimum Gasteiger partial charge on any atom is -0.454 e. The Kier molecular flexibility index (Phi) is 11.4. The highest BCUT2D eigenvalue weighted by molar-refractivity contribution is 6.76. The lowest BCUT2D eigenvalue weighted by Crippen LogP contribution is -2.24. The highest BCUT2D eigenvalue weighted by Gasteiger charge is 2.29. The van der Waals surface area contributed by atoms with Gasteiger partial charge in [0.1, 0.15) is 12.9 Å². The van der Waals surface area contributed by atoms with Crippen LogP contribution >= 0.6 is 0 Å². The Morgan fingerprint density at radius 3 is 2.03 bits per heavy atom. The molecule has 0 fully saturated rings. The van der Waals surface area contributed by atoms with Crippen molar-refractivity contribution >= 4 is 20.0 Å². The molecule has 0 bridgehead atoms. The van der Waals surface area contributed by atoms with Gasteiger partial charge in [-0.15, -0.1) is 0 Å². The number of carbonyl (C=O) groups is 2. The van der Waals surface area contributed by atoms with Crippen LogP contribution in [0.25, 0.3) is 0 Å². The van der Waals surface area contributed by atoms with Crippen LogP contribution < -0.4 is 0 Å². The summed E-state index contributed by atoms with van der Waals surface area (Å²) in [5.41, 5.74) is 2.13. The zero-order valence-corrected chi connectivity index (χ0v) is 22.5. The van der Waals surface area contributed by atoms with Crippen molar-refractivity contribution in [3.63, 3.8) is 0 Å². The van der Waals surface area contributed by atoms with Gasteiger partial charge in [-0.3, -0.25) is 4.79 Å². The molecular formula is C28H38O6Si. The lowest BCUT2D eigenvalue weighted by Gasteiger charge is -2.25. The van der Waals surface area contributed by atoms with Crippen molar-refractivity contribution in [2.24, 2.45) is 0 Å². The van der Waals surface area contributed by atoms with Gasteiger partial charge in [-0.2, -0.15) is 0 Å². The third-order valence-electron chi connectivity index (χ3n) is 5.45. The van der Waals surface area contributed by atoms with Gasteiger partial charge in [0.15, 0.2) is 0 Å². The Bertz CT molecular complexity index is 939. The third-order valence-corrected chi connectivity index (χ3v) is 7.15. The van der Waals surface area contributed by atoms with Gasteiger partial charge in [-0.05, 0) is 24.1 Å². The molecule has 0 amide bonds. The van der Waals surface area contributed by atoms with Crippen LogP contribution in [0.4, 0.5) is 0 Å². The summed E-state index contributed by atoms with van der Waals surface area (Å²) in [4.78, 5) is 24.8. The Morgan fingerprint density at radius 1 is 0.914 bits per heavy atom. The SMILES string of the molecule is C=C(C[C@H](OC(=O)[C@H](OC(C)=O)c1ccccc1)c1ccccc1)[C@@H](C)OCOCC[Si](C)(C)C. The molecule has 0 aliphatic heterocycles. The van der Waals surface area contributed by atoms with Gasteiger partial charge in [0.2, 0.25) is 6.10 Å². The summed E-state index contributed by atoms with van der Waals surface area (Å²) in [7, 11) is -1.15. The quantitative estimate of drug-likeness (QED) is 0.101. The van der Waals surface area contributed by atoms with E-state index in [4.69, 9.17) is 18.9 Å². The third kappa shape index (κ3) is 10.6. The fourth-order valence-electron chi connectivity index (χ4n) is 3.25. The summed E-state index contributed by atoms with van der Waals surface area (Å²) in [5.74, 6) is -1.20. The van der Waals surface area contributed by atoms with E-state index in [0.717, 1.165) is 17.2 Å². The van der Waals surface area contributed by atoms with Crippen LogP contribution in [0.3, 0.4) is 0 Å². The largest absolute Gasteiger partial charge is 0.454 e. The molecular weight excluding hydrogens is 460 g/mol. The van der Waals surface area contributed by atoms with Gasteiger partial charge in [-0.25, -0.2) is 4.79 Å². The smallest absolute Gasteiger partial charge is 0.352 e. The molecule has 0 aliphatic rings. The normalized spacial score (nSPS) is 14.0. The van der Waals surface area contributed by atoms with Crippen molar-refractivity contribution in [2.75, 3.05) is 13.4 Å². The molecule has 0 N–H and O–H groups in total. The molecule has 2 aromatic rings. The molecule has 0 spiro atoms. The number of rotatable bonds is 14. The first-order valence-corrected chi connectivity index (χ1v) is 15.6. The second kappa shape index (κ2) is 14.0. The van der Waals surface area contributed by atoms with Gasteiger partial charge in [0, 0.05) is 33.6 Å². The molecule has 0 aromatic heterocycles. The summed E-state index contributed by atoms with van der Waals surface area (Å²) >= 11 is 0. The summed E-state index contributed by atoms with van der Waals surface area (Å²) in [6, 6.07) is 19.3. The Morgan fingerprint density at radius 2 is 1.49 bits per heavy atom. The van der Waals surface area contributed by atoms with Crippen LogP contribution in [0.5, 0.6) is 0 Å². The Hall–Kier alpha value is -2.74. The average Bonchev–Trinajstić information content (AvgIpc) is 2.81. The van der Waals surface area contributed by atoms with Gasteiger partial charge in [0.05, 0.1) is 6.10 Å². The summed E-state index contributed by atoms with van der Waals surface area (Å²) in [5, 5.41) is 0. The first kappa shape index (κ1) is 28.5.